The van der Waals surface area contributed by atoms with E-state index in [0.29, 0.717) is 28.7 Å². The molecule has 0 saturated carbocycles. The van der Waals surface area contributed by atoms with Gasteiger partial charge in [-0.2, -0.15) is 0 Å². The van der Waals surface area contributed by atoms with Gasteiger partial charge >= 0.3 is 0 Å². The third-order valence-corrected chi connectivity index (χ3v) is 12.3. The molecule has 0 spiro atoms. The van der Waals surface area contributed by atoms with Gasteiger partial charge in [-0.05, 0) is 219 Å². The van der Waals surface area contributed by atoms with Crippen LogP contribution in [0, 0.1) is 0 Å². The molecule has 2 nitrogen and oxygen atoms in total. The topological polar surface area (TPSA) is 34.1 Å². The molecular weight excluding hydrogens is 741 g/mol. The van der Waals surface area contributed by atoms with Crippen molar-refractivity contribution in [1.82, 2.24) is 0 Å². The zero-order valence-corrected chi connectivity index (χ0v) is 42.0. The zero-order valence-electron chi connectivity index (χ0n) is 42.0. The Morgan fingerprint density at radius 3 is 0.754 bits per heavy atom. The van der Waals surface area contributed by atoms with Gasteiger partial charge in [0.2, 0.25) is 0 Å². The standard InChI is InChI=1S/C59H90O2/c1-44(2)24-15-25-45(3)26-16-27-46(4)28-17-29-47(5)30-18-31-48(6)32-19-33-49(7)34-20-35-50(8)36-21-37-51(9)38-22-39-52(10)40-23-41-53(11)42-43-57-56(14)58(60)54(12)55(13)59(57)61/h24,26,28,30,32,34,36,38,40,42H,15-23,25,27,29,31,33,35,37,39,41,43H2,1-14H3/b45-26+,46-28+,47-30+,48-32+,49-34+,50-36+,51-38+,52-40+,53-42+. The Bertz CT molecular complexity index is 1800. The lowest BCUT2D eigenvalue weighted by atomic mass is 9.84. The second-order valence-corrected chi connectivity index (χ2v) is 18.8. The molecule has 0 aromatic heterocycles. The van der Waals surface area contributed by atoms with Crippen molar-refractivity contribution in [3.63, 3.8) is 0 Å². The van der Waals surface area contributed by atoms with Crippen LogP contribution in [0.1, 0.15) is 219 Å². The SMILES string of the molecule is CC(C)=CCC/C(C)=C/CC/C(C)=C/CC/C(C)=C/CC/C(C)=C/CC/C(C)=C/CC/C(C)=C/CC/C(C)=C/CC/C(C)=C/CC/C(C)=C/CC1=C(C)C(=O)C(C)=C(C)C1=O. The molecule has 0 N–H and O–H groups in total. The average molecular weight is 831 g/mol. The Labute approximate surface area is 377 Å². The van der Waals surface area contributed by atoms with E-state index in [1.165, 1.54) is 75.0 Å². The van der Waals surface area contributed by atoms with Gasteiger partial charge in [-0.25, -0.2) is 0 Å². The summed E-state index contributed by atoms with van der Waals surface area (Å²) in [4.78, 5) is 25.2. The third-order valence-electron chi connectivity index (χ3n) is 12.3. The van der Waals surface area contributed by atoms with E-state index in [2.05, 4.69) is 137 Å². The first-order chi connectivity index (χ1) is 28.9. The van der Waals surface area contributed by atoms with Crippen molar-refractivity contribution >= 4 is 11.6 Å². The Morgan fingerprint density at radius 1 is 0.295 bits per heavy atom. The summed E-state index contributed by atoms with van der Waals surface area (Å²) in [5.41, 5.74) is 17.1. The van der Waals surface area contributed by atoms with Crippen LogP contribution in [0.3, 0.4) is 0 Å². The van der Waals surface area contributed by atoms with Crippen LogP contribution in [0.4, 0.5) is 0 Å². The normalized spacial score (nSPS) is 16.1. The highest BCUT2D eigenvalue weighted by Crippen LogP contribution is 2.27. The minimum absolute atomic E-state index is 0.0109. The summed E-state index contributed by atoms with van der Waals surface area (Å²) in [5, 5.41) is 0. The molecule has 0 aromatic carbocycles. The monoisotopic (exact) mass is 831 g/mol. The first-order valence-electron chi connectivity index (χ1n) is 23.9. The second-order valence-electron chi connectivity index (χ2n) is 18.8. The molecular formula is C59H90O2. The average Bonchev–Trinajstić information content (AvgIpc) is 3.19. The van der Waals surface area contributed by atoms with Gasteiger partial charge in [-0.3, -0.25) is 9.59 Å². The van der Waals surface area contributed by atoms with E-state index in [1.54, 1.807) is 20.8 Å². The highest BCUT2D eigenvalue weighted by Gasteiger charge is 2.26. The van der Waals surface area contributed by atoms with Gasteiger partial charge in [0.15, 0.2) is 11.6 Å². The van der Waals surface area contributed by atoms with Crippen LogP contribution in [-0.4, -0.2) is 11.6 Å². The van der Waals surface area contributed by atoms with Crippen molar-refractivity contribution in [2.75, 3.05) is 0 Å². The van der Waals surface area contributed by atoms with Gasteiger partial charge in [0.25, 0.3) is 0 Å². The van der Waals surface area contributed by atoms with E-state index in [-0.39, 0.29) is 11.6 Å². The van der Waals surface area contributed by atoms with Crippen molar-refractivity contribution in [3.8, 4) is 0 Å². The summed E-state index contributed by atoms with van der Waals surface area (Å²) in [7, 11) is 0. The van der Waals surface area contributed by atoms with Gasteiger partial charge in [-0.1, -0.05) is 116 Å². The quantitative estimate of drug-likeness (QED) is 0.0556. The molecule has 338 valence electrons. The first-order valence-corrected chi connectivity index (χ1v) is 23.9. The molecule has 0 aromatic rings. The summed E-state index contributed by atoms with van der Waals surface area (Å²) in [6, 6.07) is 0. The van der Waals surface area contributed by atoms with Crippen molar-refractivity contribution in [3.05, 3.63) is 139 Å². The fourth-order valence-electron chi connectivity index (χ4n) is 7.55. The maximum Gasteiger partial charge on any atom is 0.185 e. The Balaban J connectivity index is 2.28. The second kappa shape index (κ2) is 32.0. The molecule has 2 heteroatoms. The maximum atomic E-state index is 12.7. The fourth-order valence-corrected chi connectivity index (χ4v) is 7.55. The van der Waals surface area contributed by atoms with Crippen LogP contribution in [0.25, 0.3) is 0 Å². The largest absolute Gasteiger partial charge is 0.289 e. The third kappa shape index (κ3) is 26.3. The van der Waals surface area contributed by atoms with Gasteiger partial charge in [0.1, 0.15) is 0 Å². The van der Waals surface area contributed by atoms with Crippen LogP contribution >= 0.6 is 0 Å². The van der Waals surface area contributed by atoms with E-state index in [9.17, 15) is 9.59 Å². The summed E-state index contributed by atoms with van der Waals surface area (Å²) in [6.07, 6.45) is 44.8. The molecule has 0 bridgehead atoms. The number of carbonyl (C=O) groups is 2. The van der Waals surface area contributed by atoms with Crippen molar-refractivity contribution in [2.45, 2.75) is 219 Å². The van der Waals surface area contributed by atoms with E-state index < -0.39 is 0 Å². The van der Waals surface area contributed by atoms with Crippen LogP contribution in [0.15, 0.2) is 139 Å². The minimum Gasteiger partial charge on any atom is -0.289 e. The number of ketones is 2. The number of hydrogen-bond acceptors (Lipinski definition) is 2. The molecule has 0 saturated heterocycles. The van der Waals surface area contributed by atoms with Crippen LogP contribution in [0.5, 0.6) is 0 Å². The number of allylic oxidation sites excluding steroid dienone is 24. The summed E-state index contributed by atoms with van der Waals surface area (Å²) >= 11 is 0. The van der Waals surface area contributed by atoms with Gasteiger partial charge < -0.3 is 0 Å². The lowest BCUT2D eigenvalue weighted by Crippen LogP contribution is -2.20. The number of rotatable bonds is 29. The summed E-state index contributed by atoms with van der Waals surface area (Å²) in [6.45, 7) is 30.0. The minimum atomic E-state index is 0.0109. The van der Waals surface area contributed by atoms with E-state index >= 15 is 0 Å². The molecule has 1 aliphatic rings. The molecule has 0 amide bonds. The smallest absolute Gasteiger partial charge is 0.185 e. The highest BCUT2D eigenvalue weighted by atomic mass is 16.1. The summed E-state index contributed by atoms with van der Waals surface area (Å²) < 4.78 is 0. The molecule has 0 aliphatic heterocycles. The summed E-state index contributed by atoms with van der Waals surface area (Å²) in [5.74, 6) is 0.0363. The van der Waals surface area contributed by atoms with Crippen molar-refractivity contribution < 1.29 is 9.59 Å². The van der Waals surface area contributed by atoms with Crippen molar-refractivity contribution in [1.29, 1.82) is 0 Å². The van der Waals surface area contributed by atoms with E-state index in [4.69, 9.17) is 0 Å². The molecule has 0 fully saturated rings. The maximum absolute atomic E-state index is 12.7. The fraction of sp³-hybridized carbons (Fsp3) is 0.559. The predicted molar refractivity (Wildman–Crippen MR) is 272 cm³/mol. The molecule has 0 atom stereocenters. The Kier molecular flexibility index (Phi) is 29.0. The number of carbonyl (C=O) groups excluding carboxylic acids is 2. The molecule has 0 radical (unpaired) electrons. The first kappa shape index (κ1) is 55.2. The van der Waals surface area contributed by atoms with E-state index in [0.717, 1.165) is 96.3 Å². The van der Waals surface area contributed by atoms with Gasteiger partial charge in [0, 0.05) is 22.3 Å². The molecule has 0 unspecified atom stereocenters. The van der Waals surface area contributed by atoms with E-state index in [1.807, 2.05) is 0 Å². The van der Waals surface area contributed by atoms with Gasteiger partial charge in [0.05, 0.1) is 0 Å². The predicted octanol–water partition coefficient (Wildman–Crippen LogP) is 18.7. The highest BCUT2D eigenvalue weighted by molar-refractivity contribution is 6.24. The van der Waals surface area contributed by atoms with Gasteiger partial charge in [-0.15, -0.1) is 0 Å². The lowest BCUT2D eigenvalue weighted by molar-refractivity contribution is -0.116. The van der Waals surface area contributed by atoms with Crippen LogP contribution < -0.4 is 0 Å². The molecule has 61 heavy (non-hydrogen) atoms. The number of Topliss-reactive ketones (excluding diaryl/α,β-unsaturated/α-hetero) is 2. The molecule has 1 rings (SSSR count). The Hall–Kier alpha value is -3.78. The zero-order chi connectivity index (χ0) is 45.7. The Morgan fingerprint density at radius 2 is 0.508 bits per heavy atom. The lowest BCUT2D eigenvalue weighted by Gasteiger charge is -2.17. The van der Waals surface area contributed by atoms with Crippen LogP contribution in [0.2, 0.25) is 0 Å². The molecule has 0 heterocycles. The number of hydrogen-bond donors (Lipinski definition) is 0. The molecule has 1 aliphatic carbocycles. The van der Waals surface area contributed by atoms with Crippen LogP contribution in [-0.2, 0) is 9.59 Å². The van der Waals surface area contributed by atoms with Crippen molar-refractivity contribution in [2.24, 2.45) is 0 Å².